The summed E-state index contributed by atoms with van der Waals surface area (Å²) in [6.07, 6.45) is 3.83. The highest BCUT2D eigenvalue weighted by atomic mass is 16.5. The van der Waals surface area contributed by atoms with Crippen LogP contribution >= 0.6 is 0 Å². The monoisotopic (exact) mass is 480 g/mol. The van der Waals surface area contributed by atoms with Gasteiger partial charge >= 0.3 is 5.97 Å². The molecule has 4 rings (SSSR count). The van der Waals surface area contributed by atoms with Crippen molar-refractivity contribution in [1.29, 1.82) is 0 Å². The molecular weight excluding hydrogens is 444 g/mol. The highest BCUT2D eigenvalue weighted by Crippen LogP contribution is 2.19. The van der Waals surface area contributed by atoms with E-state index in [9.17, 15) is 9.59 Å². The number of morpholine rings is 1. The van der Waals surface area contributed by atoms with Crippen LogP contribution in [0.4, 0.5) is 5.69 Å². The van der Waals surface area contributed by atoms with E-state index in [2.05, 4.69) is 27.9 Å². The van der Waals surface area contributed by atoms with Gasteiger partial charge in [0.25, 0.3) is 5.91 Å². The molecule has 0 bridgehead atoms. The first-order valence-electron chi connectivity index (χ1n) is 12.2. The molecule has 0 aliphatic carbocycles. The summed E-state index contributed by atoms with van der Waals surface area (Å²) in [5.41, 5.74) is 5.05. The average molecular weight is 481 g/mol. The quantitative estimate of drug-likeness (QED) is 0.485. The van der Waals surface area contributed by atoms with Crippen molar-refractivity contribution in [2.75, 3.05) is 38.2 Å². The molecule has 188 valence electrons. The number of benzene rings is 2. The van der Waals surface area contributed by atoms with Crippen LogP contribution in [0.2, 0.25) is 0 Å². The topological polar surface area (TPSA) is 92.3 Å². The van der Waals surface area contributed by atoms with E-state index in [1.807, 2.05) is 55.4 Å². The van der Waals surface area contributed by atoms with E-state index in [0.717, 1.165) is 63.5 Å². The maximum absolute atomic E-state index is 12.5. The lowest BCUT2D eigenvalue weighted by atomic mass is 10.0. The predicted octanol–water partition coefficient (Wildman–Crippen LogP) is 3.60. The van der Waals surface area contributed by atoms with Crippen LogP contribution in [0.15, 0.2) is 47.6 Å². The van der Waals surface area contributed by atoms with Crippen LogP contribution in [-0.2, 0) is 27.2 Å². The molecule has 0 aromatic heterocycles. The Bertz CT molecular complexity index is 1000. The van der Waals surface area contributed by atoms with E-state index in [1.54, 1.807) is 0 Å². The number of esters is 1. The summed E-state index contributed by atoms with van der Waals surface area (Å²) in [6.45, 7) is 10.2. The van der Waals surface area contributed by atoms with Crippen LogP contribution < -0.4 is 10.6 Å². The fourth-order valence-electron chi connectivity index (χ4n) is 3.67. The molecule has 0 saturated carbocycles. The largest absolute Gasteiger partial charge is 0.463 e. The molecule has 35 heavy (non-hydrogen) atoms. The predicted molar refractivity (Wildman–Crippen MR) is 138 cm³/mol. The minimum atomic E-state index is -0.195. The molecule has 1 unspecified atom stereocenters. The zero-order chi connectivity index (χ0) is 25.0. The summed E-state index contributed by atoms with van der Waals surface area (Å²) in [5.74, 6) is -0.297. The molecule has 8 heteroatoms. The lowest BCUT2D eigenvalue weighted by Crippen LogP contribution is -2.32. The summed E-state index contributed by atoms with van der Waals surface area (Å²) < 4.78 is 10.1. The van der Waals surface area contributed by atoms with Gasteiger partial charge in [-0.1, -0.05) is 25.1 Å². The van der Waals surface area contributed by atoms with Gasteiger partial charge in [-0.2, -0.15) is 5.10 Å². The number of carbonyl (C=O) groups excluding carboxylic acids is 2. The van der Waals surface area contributed by atoms with Crippen LogP contribution in [-0.4, -0.2) is 62.1 Å². The van der Waals surface area contributed by atoms with Crippen molar-refractivity contribution in [2.24, 2.45) is 5.10 Å². The molecule has 0 radical (unpaired) electrons. The van der Waals surface area contributed by atoms with E-state index in [1.165, 1.54) is 18.1 Å². The van der Waals surface area contributed by atoms with Gasteiger partial charge in [0.2, 0.25) is 0 Å². The number of anilines is 1. The molecule has 1 amide bonds. The Balaban J connectivity index is 0.000000371. The minimum Gasteiger partial charge on any atom is -0.463 e. The second kappa shape index (κ2) is 13.6. The van der Waals surface area contributed by atoms with Crippen molar-refractivity contribution in [3.63, 3.8) is 0 Å². The molecular formula is C27H36N4O4. The van der Waals surface area contributed by atoms with Gasteiger partial charge in [0, 0.05) is 24.7 Å². The average Bonchev–Trinajstić information content (AvgIpc) is 2.88. The lowest BCUT2D eigenvalue weighted by molar-refractivity contribution is -0.145. The summed E-state index contributed by atoms with van der Waals surface area (Å²) in [4.78, 5) is 22.7. The number of nitrogens with one attached hydrogen (secondary N) is 2. The van der Waals surface area contributed by atoms with E-state index in [0.29, 0.717) is 5.56 Å². The van der Waals surface area contributed by atoms with Gasteiger partial charge in [-0.3, -0.25) is 14.6 Å². The van der Waals surface area contributed by atoms with Crippen molar-refractivity contribution in [1.82, 2.24) is 10.3 Å². The first-order chi connectivity index (χ1) is 16.9. The molecule has 2 aromatic carbocycles. The normalized spacial score (nSPS) is 16.0. The highest BCUT2D eigenvalue weighted by molar-refractivity contribution is 6.04. The van der Waals surface area contributed by atoms with Gasteiger partial charge in [-0.05, 0) is 67.3 Å². The van der Waals surface area contributed by atoms with E-state index < -0.39 is 0 Å². The summed E-state index contributed by atoms with van der Waals surface area (Å²) in [6, 6.07) is 13.6. The second-order valence-corrected chi connectivity index (χ2v) is 8.63. The molecule has 2 aliphatic heterocycles. The Hall–Kier alpha value is -3.23. The maximum atomic E-state index is 12.5. The molecule has 2 heterocycles. The van der Waals surface area contributed by atoms with Crippen LogP contribution in [0.25, 0.3) is 0 Å². The van der Waals surface area contributed by atoms with Crippen LogP contribution in [0.5, 0.6) is 0 Å². The smallest absolute Gasteiger partial charge is 0.302 e. The van der Waals surface area contributed by atoms with Crippen molar-refractivity contribution in [2.45, 2.75) is 46.3 Å². The van der Waals surface area contributed by atoms with Crippen molar-refractivity contribution in [3.8, 4) is 0 Å². The third-order valence-corrected chi connectivity index (χ3v) is 5.82. The van der Waals surface area contributed by atoms with Crippen molar-refractivity contribution in [3.05, 3.63) is 64.7 Å². The molecule has 2 aliphatic rings. The van der Waals surface area contributed by atoms with Crippen LogP contribution in [0.1, 0.15) is 54.2 Å². The van der Waals surface area contributed by atoms with Crippen molar-refractivity contribution >= 4 is 23.8 Å². The highest BCUT2D eigenvalue weighted by Gasteiger charge is 2.11. The Morgan fingerprint density at radius 1 is 1.17 bits per heavy atom. The number of ether oxygens (including phenoxy) is 2. The standard InChI is InChI=1S/C21H24N4O2.C6H12O2/c26-21(24-20-6-5-17-7-8-22-15-19(17)13-20)18-3-1-16(2-4-18)14-23-25-9-11-27-12-10-25;1-4-5(2)8-6(3)7/h1-6,13-14,22H,7-12,15H2,(H,24,26);5H,4H2,1-3H3. The summed E-state index contributed by atoms with van der Waals surface area (Å²) >= 11 is 0. The van der Waals surface area contributed by atoms with Crippen LogP contribution in [0.3, 0.4) is 0 Å². The van der Waals surface area contributed by atoms with E-state index >= 15 is 0 Å². The lowest BCUT2D eigenvalue weighted by Gasteiger charge is -2.23. The summed E-state index contributed by atoms with van der Waals surface area (Å²) in [5, 5.41) is 12.8. The van der Waals surface area contributed by atoms with Gasteiger partial charge in [0.05, 0.1) is 38.6 Å². The minimum absolute atomic E-state index is 0.0764. The number of hydrogen-bond donors (Lipinski definition) is 2. The number of amides is 1. The van der Waals surface area contributed by atoms with Crippen LogP contribution in [0, 0.1) is 0 Å². The third kappa shape index (κ3) is 8.81. The SMILES string of the molecule is CCC(C)OC(C)=O.O=C(Nc1ccc2c(c1)CNCC2)c1ccc(C=NN2CCOCC2)cc1. The van der Waals surface area contributed by atoms with Gasteiger partial charge in [-0.25, -0.2) is 0 Å². The fraction of sp³-hybridized carbons (Fsp3) is 0.444. The number of fused-ring (bicyclic) bond motifs is 1. The van der Waals surface area contributed by atoms with E-state index in [-0.39, 0.29) is 18.0 Å². The van der Waals surface area contributed by atoms with E-state index in [4.69, 9.17) is 9.47 Å². The molecule has 0 spiro atoms. The Labute approximate surface area is 207 Å². The molecule has 1 fully saturated rings. The Kier molecular flexibility index (Phi) is 10.3. The molecule has 1 saturated heterocycles. The second-order valence-electron chi connectivity index (χ2n) is 8.63. The first kappa shape index (κ1) is 26.4. The Morgan fingerprint density at radius 2 is 1.91 bits per heavy atom. The number of rotatable bonds is 6. The first-order valence-corrected chi connectivity index (χ1v) is 12.2. The third-order valence-electron chi connectivity index (χ3n) is 5.82. The molecule has 2 N–H and O–H groups in total. The van der Waals surface area contributed by atoms with Crippen molar-refractivity contribution < 1.29 is 19.1 Å². The summed E-state index contributed by atoms with van der Waals surface area (Å²) in [7, 11) is 0. The molecule has 2 aromatic rings. The number of hydrogen-bond acceptors (Lipinski definition) is 7. The van der Waals surface area contributed by atoms with Gasteiger partial charge in [0.15, 0.2) is 0 Å². The molecule has 1 atom stereocenters. The number of hydrazone groups is 1. The Morgan fingerprint density at radius 3 is 2.57 bits per heavy atom. The maximum Gasteiger partial charge on any atom is 0.302 e. The fourth-order valence-corrected chi connectivity index (χ4v) is 3.67. The van der Waals surface area contributed by atoms with Gasteiger partial charge < -0.3 is 20.1 Å². The number of carbonyl (C=O) groups is 2. The zero-order valence-electron chi connectivity index (χ0n) is 20.9. The number of nitrogens with zero attached hydrogens (tertiary/aromatic N) is 2. The molecule has 8 nitrogen and oxygen atoms in total. The zero-order valence-corrected chi connectivity index (χ0v) is 20.9. The van der Waals surface area contributed by atoms with Gasteiger partial charge in [-0.15, -0.1) is 0 Å². The van der Waals surface area contributed by atoms with Gasteiger partial charge in [0.1, 0.15) is 0 Å².